The molecule has 0 bridgehead atoms. The molecule has 1 atom stereocenters. The number of rotatable bonds is 4. The normalized spacial score (nSPS) is 19.1. The third-order valence-electron chi connectivity index (χ3n) is 5.76. The highest BCUT2D eigenvalue weighted by molar-refractivity contribution is 9.10. The van der Waals surface area contributed by atoms with Crippen molar-refractivity contribution in [3.8, 4) is 0 Å². The minimum atomic E-state index is -1.20. The van der Waals surface area contributed by atoms with Crippen LogP contribution < -0.4 is 5.32 Å². The van der Waals surface area contributed by atoms with Crippen LogP contribution in [-0.4, -0.2) is 29.2 Å². The highest BCUT2D eigenvalue weighted by Crippen LogP contribution is 2.31. The van der Waals surface area contributed by atoms with Crippen molar-refractivity contribution in [3.63, 3.8) is 0 Å². The number of nitrogens with zero attached hydrogens (tertiary/aromatic N) is 1. The molecule has 1 N–H and O–H groups in total. The highest BCUT2D eigenvalue weighted by atomic mass is 79.9. The van der Waals surface area contributed by atoms with E-state index >= 15 is 0 Å². The summed E-state index contributed by atoms with van der Waals surface area (Å²) in [6.07, 6.45) is 0. The molecule has 1 heterocycles. The summed E-state index contributed by atoms with van der Waals surface area (Å²) in [6, 6.07) is 8.51. The zero-order chi connectivity index (χ0) is 20.8. The lowest BCUT2D eigenvalue weighted by atomic mass is 9.91. The zero-order valence-electron chi connectivity index (χ0n) is 16.6. The lowest BCUT2D eigenvalue weighted by Gasteiger charge is -2.22. The fourth-order valence-corrected chi connectivity index (χ4v) is 3.97. The number of hydrogen-bond acceptors (Lipinski definition) is 3. The molecule has 1 fully saturated rings. The minimum absolute atomic E-state index is 0.245. The van der Waals surface area contributed by atoms with E-state index in [1.165, 1.54) is 0 Å². The van der Waals surface area contributed by atoms with E-state index in [4.69, 9.17) is 0 Å². The number of benzene rings is 2. The Labute approximate surface area is 173 Å². The molecule has 1 unspecified atom stereocenters. The Morgan fingerprint density at radius 2 is 1.75 bits per heavy atom. The summed E-state index contributed by atoms with van der Waals surface area (Å²) < 4.78 is 0.809. The molecule has 28 heavy (non-hydrogen) atoms. The Bertz CT molecular complexity index is 1020. The van der Waals surface area contributed by atoms with Gasteiger partial charge in [0.2, 0.25) is 0 Å². The summed E-state index contributed by atoms with van der Waals surface area (Å²) in [5, 5.41) is 2.74. The fraction of sp³-hybridized carbons (Fsp3) is 0.318. The third-order valence-corrected chi connectivity index (χ3v) is 6.25. The molecule has 3 rings (SSSR count). The number of aryl methyl sites for hydroxylation is 1. The summed E-state index contributed by atoms with van der Waals surface area (Å²) in [7, 11) is 0. The Balaban J connectivity index is 1.91. The summed E-state index contributed by atoms with van der Waals surface area (Å²) in [5.74, 6) is -0.673. The quantitative estimate of drug-likeness (QED) is 0.565. The first-order valence-electron chi connectivity index (χ1n) is 9.07. The van der Waals surface area contributed by atoms with Crippen LogP contribution in [0.15, 0.2) is 34.8 Å². The van der Waals surface area contributed by atoms with Crippen LogP contribution in [0.4, 0.5) is 4.79 Å². The topological polar surface area (TPSA) is 66.5 Å². The number of amides is 3. The molecule has 1 aliphatic heterocycles. The molecular weight excluding hydrogens is 420 g/mol. The largest absolute Gasteiger partial charge is 0.325 e. The van der Waals surface area contributed by atoms with Gasteiger partial charge in [0.15, 0.2) is 5.78 Å². The maximum Gasteiger partial charge on any atom is 0.325 e. The van der Waals surface area contributed by atoms with Gasteiger partial charge in [-0.05, 0) is 80.6 Å². The number of urea groups is 1. The van der Waals surface area contributed by atoms with Gasteiger partial charge in [0.05, 0.1) is 6.54 Å². The maximum absolute atomic E-state index is 13.1. The van der Waals surface area contributed by atoms with E-state index in [9.17, 15) is 14.4 Å². The van der Waals surface area contributed by atoms with E-state index in [1.807, 2.05) is 39.8 Å². The van der Waals surface area contributed by atoms with Crippen LogP contribution in [0.2, 0.25) is 0 Å². The standard InChI is InChI=1S/C22H23BrN2O3/c1-12-9-18(15(4)14(3)13(12)2)19(26)11-25-20(27)22(5,24-21(25)28)16-7-6-8-17(23)10-16/h6-10H,11H2,1-5H3,(H,24,28). The molecular formula is C22H23BrN2O3. The van der Waals surface area contributed by atoms with Gasteiger partial charge in [-0.15, -0.1) is 0 Å². The van der Waals surface area contributed by atoms with Crippen molar-refractivity contribution in [2.24, 2.45) is 0 Å². The second-order valence-electron chi connectivity index (χ2n) is 7.50. The van der Waals surface area contributed by atoms with Crippen molar-refractivity contribution < 1.29 is 14.4 Å². The van der Waals surface area contributed by atoms with Crippen LogP contribution in [0.5, 0.6) is 0 Å². The Morgan fingerprint density at radius 3 is 2.39 bits per heavy atom. The molecule has 3 amide bonds. The summed E-state index contributed by atoms with van der Waals surface area (Å²) >= 11 is 3.39. The van der Waals surface area contributed by atoms with E-state index in [-0.39, 0.29) is 12.3 Å². The molecule has 0 saturated carbocycles. The van der Waals surface area contributed by atoms with Crippen LogP contribution in [-0.2, 0) is 10.3 Å². The van der Waals surface area contributed by atoms with Crippen LogP contribution in [0.1, 0.15) is 45.1 Å². The molecule has 1 aliphatic rings. The van der Waals surface area contributed by atoms with Crippen LogP contribution in [0, 0.1) is 27.7 Å². The molecule has 0 aromatic heterocycles. The number of Topliss-reactive ketones (excluding diaryl/α,β-unsaturated/α-hetero) is 1. The monoisotopic (exact) mass is 442 g/mol. The van der Waals surface area contributed by atoms with Crippen LogP contribution >= 0.6 is 15.9 Å². The lowest BCUT2D eigenvalue weighted by molar-refractivity contribution is -0.130. The molecule has 5 nitrogen and oxygen atoms in total. The molecule has 2 aromatic rings. The van der Waals surface area contributed by atoms with Gasteiger partial charge in [-0.2, -0.15) is 0 Å². The first-order valence-corrected chi connectivity index (χ1v) is 9.86. The summed E-state index contributed by atoms with van der Waals surface area (Å²) in [6.45, 7) is 9.23. The Morgan fingerprint density at radius 1 is 1.07 bits per heavy atom. The number of hydrogen-bond donors (Lipinski definition) is 1. The van der Waals surface area contributed by atoms with Crippen molar-refractivity contribution in [3.05, 3.63) is 68.2 Å². The molecule has 0 radical (unpaired) electrons. The molecule has 2 aromatic carbocycles. The van der Waals surface area contributed by atoms with Gasteiger partial charge in [-0.25, -0.2) is 4.79 Å². The molecule has 146 valence electrons. The van der Waals surface area contributed by atoms with Crippen LogP contribution in [0.3, 0.4) is 0 Å². The van der Waals surface area contributed by atoms with Crippen molar-refractivity contribution in [1.29, 1.82) is 0 Å². The molecule has 6 heteroatoms. The van der Waals surface area contributed by atoms with Crippen molar-refractivity contribution in [1.82, 2.24) is 10.2 Å². The van der Waals surface area contributed by atoms with Gasteiger partial charge < -0.3 is 5.32 Å². The molecule has 1 saturated heterocycles. The van der Waals surface area contributed by atoms with Gasteiger partial charge in [0.1, 0.15) is 5.54 Å². The number of halogens is 1. The lowest BCUT2D eigenvalue weighted by Crippen LogP contribution is -2.41. The number of carbonyl (C=O) groups excluding carboxylic acids is 3. The van der Waals surface area contributed by atoms with Crippen molar-refractivity contribution >= 4 is 33.7 Å². The number of imide groups is 1. The Hall–Kier alpha value is -2.47. The van der Waals surface area contributed by atoms with E-state index < -0.39 is 17.5 Å². The third kappa shape index (κ3) is 3.26. The highest BCUT2D eigenvalue weighted by Gasteiger charge is 2.49. The average Bonchev–Trinajstić information content (AvgIpc) is 2.87. The number of carbonyl (C=O) groups is 3. The van der Waals surface area contributed by atoms with E-state index in [2.05, 4.69) is 21.2 Å². The van der Waals surface area contributed by atoms with E-state index in [0.717, 1.165) is 31.6 Å². The van der Waals surface area contributed by atoms with Gasteiger partial charge >= 0.3 is 6.03 Å². The predicted molar refractivity (Wildman–Crippen MR) is 111 cm³/mol. The summed E-state index contributed by atoms with van der Waals surface area (Å²) in [4.78, 5) is 39.5. The van der Waals surface area contributed by atoms with Crippen LogP contribution in [0.25, 0.3) is 0 Å². The maximum atomic E-state index is 13.1. The van der Waals surface area contributed by atoms with Gasteiger partial charge in [-0.1, -0.05) is 28.1 Å². The van der Waals surface area contributed by atoms with Gasteiger partial charge in [-0.3, -0.25) is 14.5 Å². The van der Waals surface area contributed by atoms with E-state index in [0.29, 0.717) is 11.1 Å². The Kier molecular flexibility index (Phi) is 5.19. The number of ketones is 1. The minimum Gasteiger partial charge on any atom is -0.319 e. The fourth-order valence-electron chi connectivity index (χ4n) is 3.57. The summed E-state index contributed by atoms with van der Waals surface area (Å²) in [5.41, 5.74) is 4.11. The second-order valence-corrected chi connectivity index (χ2v) is 8.41. The smallest absolute Gasteiger partial charge is 0.319 e. The zero-order valence-corrected chi connectivity index (χ0v) is 18.2. The van der Waals surface area contributed by atoms with Gasteiger partial charge in [0, 0.05) is 10.0 Å². The van der Waals surface area contributed by atoms with Gasteiger partial charge in [0.25, 0.3) is 5.91 Å². The molecule has 0 spiro atoms. The van der Waals surface area contributed by atoms with Crippen molar-refractivity contribution in [2.75, 3.05) is 6.54 Å². The first kappa shape index (κ1) is 20.3. The number of nitrogens with one attached hydrogen (secondary N) is 1. The molecule has 0 aliphatic carbocycles. The predicted octanol–water partition coefficient (Wildman–Crippen LogP) is 4.33. The average molecular weight is 443 g/mol. The van der Waals surface area contributed by atoms with E-state index in [1.54, 1.807) is 25.1 Å². The second kappa shape index (κ2) is 7.17. The first-order chi connectivity index (χ1) is 13.1. The van der Waals surface area contributed by atoms with Crippen molar-refractivity contribution in [2.45, 2.75) is 40.2 Å². The SMILES string of the molecule is Cc1cc(C(=O)CN2C(=O)NC(C)(c3cccc(Br)c3)C2=O)c(C)c(C)c1C.